The van der Waals surface area contributed by atoms with E-state index < -0.39 is 10.0 Å². The van der Waals surface area contributed by atoms with Crippen molar-refractivity contribution in [2.24, 2.45) is 0 Å². The van der Waals surface area contributed by atoms with Gasteiger partial charge in [0.25, 0.3) is 0 Å². The second kappa shape index (κ2) is 7.94. The maximum Gasteiger partial charge on any atom is 0.305 e. The summed E-state index contributed by atoms with van der Waals surface area (Å²) in [5, 5.41) is 0. The largest absolute Gasteiger partial charge is 0.469 e. The van der Waals surface area contributed by atoms with Crippen LogP contribution in [-0.4, -0.2) is 28.0 Å². The number of benzene rings is 2. The first-order valence-corrected chi connectivity index (χ1v) is 8.93. The van der Waals surface area contributed by atoms with Crippen molar-refractivity contribution in [2.75, 3.05) is 19.4 Å². The maximum absolute atomic E-state index is 12.2. The van der Waals surface area contributed by atoms with E-state index in [0.717, 1.165) is 11.1 Å². The Kier molecular flexibility index (Phi) is 5.94. The van der Waals surface area contributed by atoms with E-state index in [2.05, 4.69) is 9.46 Å². The van der Waals surface area contributed by atoms with Gasteiger partial charge in [-0.05, 0) is 41.8 Å². The lowest BCUT2D eigenvalue weighted by molar-refractivity contribution is -0.140. The molecule has 2 rings (SSSR count). The molecule has 0 bridgehead atoms. The topological polar surface area (TPSA) is 98.5 Å². The number of carbonyl (C=O) groups excluding carboxylic acids is 1. The number of ether oxygens (including phenoxy) is 1. The summed E-state index contributed by atoms with van der Waals surface area (Å²) in [6.07, 6.45) is 0.556. The molecule has 0 radical (unpaired) electrons. The monoisotopic (exact) mass is 348 g/mol. The van der Waals surface area contributed by atoms with Crippen molar-refractivity contribution < 1.29 is 17.9 Å². The van der Waals surface area contributed by atoms with Crippen LogP contribution in [0.5, 0.6) is 0 Å². The van der Waals surface area contributed by atoms with Gasteiger partial charge < -0.3 is 10.5 Å². The van der Waals surface area contributed by atoms with E-state index in [9.17, 15) is 13.2 Å². The summed E-state index contributed by atoms with van der Waals surface area (Å²) in [6.45, 7) is 0.175. The highest BCUT2D eigenvalue weighted by Gasteiger charge is 2.13. The number of nitrogen functional groups attached to an aromatic ring is 1. The lowest BCUT2D eigenvalue weighted by atomic mass is 10.1. The first kappa shape index (κ1) is 18.0. The summed E-state index contributed by atoms with van der Waals surface area (Å²) in [5.74, 6) is -0.360. The number of rotatable bonds is 7. The van der Waals surface area contributed by atoms with Gasteiger partial charge in [-0.1, -0.05) is 24.3 Å². The highest BCUT2D eigenvalue weighted by atomic mass is 32.2. The quantitative estimate of drug-likeness (QED) is 0.454. The molecule has 0 aliphatic rings. The summed E-state index contributed by atoms with van der Waals surface area (Å²) in [4.78, 5) is 11.2. The van der Waals surface area contributed by atoms with Crippen LogP contribution in [-0.2, 0) is 19.6 Å². The molecule has 2 aromatic carbocycles. The van der Waals surface area contributed by atoms with Gasteiger partial charge in [-0.25, -0.2) is 13.1 Å². The zero-order valence-corrected chi connectivity index (χ0v) is 14.2. The van der Waals surface area contributed by atoms with Crippen LogP contribution in [0.15, 0.2) is 53.4 Å². The average molecular weight is 348 g/mol. The van der Waals surface area contributed by atoms with E-state index in [1.54, 1.807) is 30.3 Å². The third-order valence-electron chi connectivity index (χ3n) is 3.46. The Balaban J connectivity index is 2.02. The molecular weight excluding hydrogens is 328 g/mol. The van der Waals surface area contributed by atoms with Crippen molar-refractivity contribution in [1.29, 1.82) is 0 Å². The highest BCUT2D eigenvalue weighted by Crippen LogP contribution is 2.23. The molecule has 0 unspecified atom stereocenters. The Morgan fingerprint density at radius 1 is 1.12 bits per heavy atom. The molecule has 128 valence electrons. The van der Waals surface area contributed by atoms with Gasteiger partial charge >= 0.3 is 5.97 Å². The van der Waals surface area contributed by atoms with Gasteiger partial charge in [0.2, 0.25) is 10.0 Å². The van der Waals surface area contributed by atoms with Crippen LogP contribution in [0.2, 0.25) is 0 Å². The zero-order chi connectivity index (χ0) is 17.6. The molecule has 3 N–H and O–H groups in total. The number of nitrogens with two attached hydrogens (primary N) is 1. The van der Waals surface area contributed by atoms with Crippen molar-refractivity contribution in [2.45, 2.75) is 17.7 Å². The number of methoxy groups -OCH3 is 1. The van der Waals surface area contributed by atoms with Crippen molar-refractivity contribution >= 4 is 21.7 Å². The number of esters is 1. The number of hydrogen-bond donors (Lipinski definition) is 2. The molecule has 0 aromatic heterocycles. The SMILES string of the molecule is COC(=O)CCCNS(=O)(=O)c1ccc(-c2cccc(N)c2)cc1. The van der Waals surface area contributed by atoms with Gasteiger partial charge in [-0.15, -0.1) is 0 Å². The van der Waals surface area contributed by atoms with Gasteiger partial charge in [0.1, 0.15) is 0 Å². The predicted molar refractivity (Wildman–Crippen MR) is 92.7 cm³/mol. The second-order valence-electron chi connectivity index (χ2n) is 5.23. The lowest BCUT2D eigenvalue weighted by Gasteiger charge is -2.08. The highest BCUT2D eigenvalue weighted by molar-refractivity contribution is 7.89. The number of anilines is 1. The van der Waals surface area contributed by atoms with Gasteiger partial charge in [-0.3, -0.25) is 4.79 Å². The number of hydrogen-bond acceptors (Lipinski definition) is 5. The minimum absolute atomic E-state index is 0.174. The first-order valence-electron chi connectivity index (χ1n) is 7.45. The molecule has 0 saturated carbocycles. The normalized spacial score (nSPS) is 11.2. The summed E-state index contributed by atoms with van der Waals surface area (Å²) in [6, 6.07) is 13.9. The van der Waals surface area contributed by atoms with Crippen LogP contribution < -0.4 is 10.5 Å². The van der Waals surface area contributed by atoms with Crippen LogP contribution >= 0.6 is 0 Å². The molecule has 0 saturated heterocycles. The number of sulfonamides is 1. The van der Waals surface area contributed by atoms with E-state index in [4.69, 9.17) is 5.73 Å². The Bertz CT molecular complexity index is 802. The summed E-state index contributed by atoms with van der Waals surface area (Å²) >= 11 is 0. The van der Waals surface area contributed by atoms with Crippen LogP contribution in [0.25, 0.3) is 11.1 Å². The van der Waals surface area contributed by atoms with E-state index >= 15 is 0 Å². The molecule has 24 heavy (non-hydrogen) atoms. The molecule has 0 atom stereocenters. The molecule has 0 heterocycles. The third kappa shape index (κ3) is 4.81. The van der Waals surface area contributed by atoms with E-state index in [0.29, 0.717) is 12.1 Å². The van der Waals surface area contributed by atoms with E-state index in [-0.39, 0.29) is 23.8 Å². The number of nitrogens with one attached hydrogen (secondary N) is 1. The smallest absolute Gasteiger partial charge is 0.305 e. The lowest BCUT2D eigenvalue weighted by Crippen LogP contribution is -2.25. The minimum atomic E-state index is -3.60. The van der Waals surface area contributed by atoms with E-state index in [1.807, 2.05) is 18.2 Å². The molecule has 0 aliphatic heterocycles. The fourth-order valence-electron chi connectivity index (χ4n) is 2.17. The van der Waals surface area contributed by atoms with Crippen molar-refractivity contribution in [3.05, 3.63) is 48.5 Å². The molecule has 0 fully saturated rings. The Morgan fingerprint density at radius 2 is 1.83 bits per heavy atom. The van der Waals surface area contributed by atoms with Crippen molar-refractivity contribution in [3.8, 4) is 11.1 Å². The molecule has 6 nitrogen and oxygen atoms in total. The van der Waals surface area contributed by atoms with Crippen LogP contribution in [0.1, 0.15) is 12.8 Å². The van der Waals surface area contributed by atoms with Crippen LogP contribution in [0.3, 0.4) is 0 Å². The average Bonchev–Trinajstić information content (AvgIpc) is 2.58. The summed E-state index contributed by atoms with van der Waals surface area (Å²) < 4.78 is 31.4. The second-order valence-corrected chi connectivity index (χ2v) is 6.99. The Morgan fingerprint density at radius 3 is 2.46 bits per heavy atom. The molecule has 0 spiro atoms. The van der Waals surface area contributed by atoms with Crippen LogP contribution in [0, 0.1) is 0 Å². The minimum Gasteiger partial charge on any atom is -0.469 e. The first-order chi connectivity index (χ1) is 11.4. The molecule has 2 aromatic rings. The van der Waals surface area contributed by atoms with Gasteiger partial charge in [0, 0.05) is 18.7 Å². The molecule has 7 heteroatoms. The Hall–Kier alpha value is -2.38. The number of carbonyl (C=O) groups is 1. The maximum atomic E-state index is 12.2. The third-order valence-corrected chi connectivity index (χ3v) is 4.94. The summed E-state index contributed by atoms with van der Waals surface area (Å²) in [7, 11) is -2.30. The molecule has 0 amide bonds. The van der Waals surface area contributed by atoms with Crippen LogP contribution in [0.4, 0.5) is 5.69 Å². The van der Waals surface area contributed by atoms with E-state index in [1.165, 1.54) is 7.11 Å². The fraction of sp³-hybridized carbons (Fsp3) is 0.235. The summed E-state index contributed by atoms with van der Waals surface area (Å²) in [5.41, 5.74) is 8.21. The zero-order valence-electron chi connectivity index (χ0n) is 13.4. The van der Waals surface area contributed by atoms with Gasteiger partial charge in [-0.2, -0.15) is 0 Å². The van der Waals surface area contributed by atoms with Gasteiger partial charge in [0.05, 0.1) is 12.0 Å². The van der Waals surface area contributed by atoms with Gasteiger partial charge in [0.15, 0.2) is 0 Å². The Labute approximate surface area is 141 Å². The standard InChI is InChI=1S/C17H20N2O4S/c1-23-17(20)6-3-11-19-24(21,22)16-9-7-13(8-10-16)14-4-2-5-15(18)12-14/h2,4-5,7-10,12,19H,3,6,11,18H2,1H3. The van der Waals surface area contributed by atoms with Crippen molar-refractivity contribution in [3.63, 3.8) is 0 Å². The van der Waals surface area contributed by atoms with Crippen molar-refractivity contribution in [1.82, 2.24) is 4.72 Å². The molecule has 0 aliphatic carbocycles. The fourth-order valence-corrected chi connectivity index (χ4v) is 3.24. The molecular formula is C17H20N2O4S. The predicted octanol–water partition coefficient (Wildman–Crippen LogP) is 2.17.